The predicted octanol–water partition coefficient (Wildman–Crippen LogP) is 6.11. The molecule has 10 rings (SSSR count). The van der Waals surface area contributed by atoms with Crippen LogP contribution in [-0.4, -0.2) is 23.3 Å². The number of imide groups is 1. The number of carbonyl (C=O) groups excluding carboxylic acids is 2. The van der Waals surface area contributed by atoms with Gasteiger partial charge in [-0.25, -0.2) is 0 Å². The highest BCUT2D eigenvalue weighted by atomic mass is 79.9. The molecule has 0 spiro atoms. The van der Waals surface area contributed by atoms with E-state index in [2.05, 4.69) is 56.1 Å². The first-order valence-corrected chi connectivity index (χ1v) is 14.4. The third-order valence-electron chi connectivity index (χ3n) is 10.3. The predicted molar refractivity (Wildman–Crippen MR) is 137 cm³/mol. The van der Waals surface area contributed by atoms with Crippen molar-refractivity contribution < 1.29 is 9.59 Å². The van der Waals surface area contributed by atoms with E-state index >= 15 is 0 Å². The summed E-state index contributed by atoms with van der Waals surface area (Å²) in [5.41, 5.74) is 4.61. The Morgan fingerprint density at radius 2 is 1.03 bits per heavy atom. The van der Waals surface area contributed by atoms with E-state index in [0.717, 1.165) is 40.0 Å². The number of rotatable bonds is 2. The quantitative estimate of drug-likeness (QED) is 0.317. The van der Waals surface area contributed by atoms with Crippen molar-refractivity contribution in [2.75, 3.05) is 6.54 Å². The fourth-order valence-electron chi connectivity index (χ4n) is 9.70. The first-order chi connectivity index (χ1) is 16.3. The second kappa shape index (κ2) is 6.45. The minimum Gasteiger partial charge on any atom is -0.281 e. The van der Waals surface area contributed by atoms with Gasteiger partial charge in [0, 0.05) is 6.54 Å². The monoisotopic (exact) mass is 579 g/mol. The molecular weight excluding hydrogens is 554 g/mol. The van der Waals surface area contributed by atoms with Crippen molar-refractivity contribution in [2.45, 2.75) is 47.2 Å². The summed E-state index contributed by atoms with van der Waals surface area (Å²) in [6.07, 6.45) is 7.70. The largest absolute Gasteiger partial charge is 0.281 e. The molecule has 0 N–H and O–H groups in total. The molecule has 0 radical (unpaired) electrons. The minimum atomic E-state index is -0.677. The Morgan fingerprint density at radius 3 is 1.38 bits per heavy atom. The zero-order valence-electron chi connectivity index (χ0n) is 19.0. The van der Waals surface area contributed by atoms with Gasteiger partial charge >= 0.3 is 0 Å². The number of likely N-dealkylation sites (tertiary alicyclic amines) is 1. The van der Waals surface area contributed by atoms with Crippen molar-refractivity contribution in [2.24, 2.45) is 35.0 Å². The Labute approximate surface area is 216 Å². The third kappa shape index (κ3) is 2.26. The summed E-state index contributed by atoms with van der Waals surface area (Å²) in [6, 6.07) is 16.7. The maximum absolute atomic E-state index is 14.3. The molecule has 0 aromatic heterocycles. The van der Waals surface area contributed by atoms with Gasteiger partial charge in [0.2, 0.25) is 11.8 Å². The van der Waals surface area contributed by atoms with Gasteiger partial charge in [0.1, 0.15) is 0 Å². The van der Waals surface area contributed by atoms with Gasteiger partial charge in [0.25, 0.3) is 0 Å². The maximum atomic E-state index is 14.3. The van der Waals surface area contributed by atoms with Crippen LogP contribution in [-0.2, 0) is 18.2 Å². The van der Waals surface area contributed by atoms with Gasteiger partial charge in [-0.05, 0) is 83.9 Å². The number of alkyl halides is 2. The summed E-state index contributed by atoms with van der Waals surface area (Å²) in [4.78, 5) is 30.3. The van der Waals surface area contributed by atoms with E-state index in [9.17, 15) is 9.59 Å². The van der Waals surface area contributed by atoms with Crippen LogP contribution in [0.15, 0.2) is 48.5 Å². The number of carbonyl (C=O) groups is 2. The molecule has 5 heteroatoms. The number of hydrogen-bond donors (Lipinski definition) is 0. The standard InChI is InChI=1S/C29H27Br2NO2/c30-28-19-5-1-2-6-20(19)29(31,22-8-4-3-7-21(22)28)24-23(28)25(33)32(26(24)34)15-27-12-16-9-17(13-27)11-18(10-16)14-27/h1-8,16-18,23-24H,9-15H2. The summed E-state index contributed by atoms with van der Waals surface area (Å²) in [5, 5.41) is 0. The van der Waals surface area contributed by atoms with Crippen molar-refractivity contribution in [1.29, 1.82) is 0 Å². The Balaban J connectivity index is 1.27. The molecule has 4 saturated carbocycles. The normalized spacial score (nSPS) is 44.9. The molecule has 8 aliphatic rings. The van der Waals surface area contributed by atoms with Crippen molar-refractivity contribution >= 4 is 43.7 Å². The van der Waals surface area contributed by atoms with Gasteiger partial charge in [-0.15, -0.1) is 0 Å². The number of hydrogen-bond acceptors (Lipinski definition) is 2. The molecule has 174 valence electrons. The summed E-state index contributed by atoms with van der Waals surface area (Å²) in [5.74, 6) is 1.59. The van der Waals surface area contributed by atoms with E-state index in [4.69, 9.17) is 0 Å². The van der Waals surface area contributed by atoms with E-state index < -0.39 is 20.5 Å². The highest BCUT2D eigenvalue weighted by molar-refractivity contribution is 9.10. The molecule has 1 heterocycles. The molecule has 2 amide bonds. The van der Waals surface area contributed by atoms with Crippen LogP contribution >= 0.6 is 31.9 Å². The average Bonchev–Trinajstić information content (AvgIpc) is 3.07. The van der Waals surface area contributed by atoms with Gasteiger partial charge < -0.3 is 0 Å². The minimum absolute atomic E-state index is 0.0236. The molecule has 3 nitrogen and oxygen atoms in total. The first kappa shape index (κ1) is 20.7. The second-order valence-electron chi connectivity index (χ2n) is 12.2. The summed E-state index contributed by atoms with van der Waals surface area (Å²) < 4.78 is -1.35. The van der Waals surface area contributed by atoms with Gasteiger partial charge in [0.15, 0.2) is 0 Å². The molecular formula is C29H27Br2NO2. The van der Waals surface area contributed by atoms with Crippen LogP contribution in [0, 0.1) is 35.0 Å². The van der Waals surface area contributed by atoms with Crippen LogP contribution < -0.4 is 0 Å². The lowest BCUT2D eigenvalue weighted by molar-refractivity contribution is -0.146. The average molecular weight is 581 g/mol. The van der Waals surface area contributed by atoms with Crippen LogP contribution in [0.25, 0.3) is 0 Å². The van der Waals surface area contributed by atoms with Crippen LogP contribution in [0.2, 0.25) is 0 Å². The number of amides is 2. The fourth-order valence-corrected chi connectivity index (χ4v) is 12.0. The lowest BCUT2D eigenvalue weighted by atomic mass is 9.49. The van der Waals surface area contributed by atoms with Gasteiger partial charge in [-0.1, -0.05) is 80.4 Å². The molecule has 1 saturated heterocycles. The summed E-state index contributed by atoms with van der Waals surface area (Å²) >= 11 is 8.26. The Morgan fingerprint density at radius 1 is 0.676 bits per heavy atom. The number of halogens is 2. The molecule has 2 aromatic carbocycles. The summed E-state index contributed by atoms with van der Waals surface area (Å²) in [7, 11) is 0. The van der Waals surface area contributed by atoms with Gasteiger partial charge in [-0.2, -0.15) is 0 Å². The lowest BCUT2D eigenvalue weighted by Gasteiger charge is -2.57. The van der Waals surface area contributed by atoms with Crippen LogP contribution in [0.4, 0.5) is 0 Å². The van der Waals surface area contributed by atoms with E-state index in [1.807, 2.05) is 24.3 Å². The van der Waals surface area contributed by atoms with E-state index in [-0.39, 0.29) is 17.2 Å². The topological polar surface area (TPSA) is 37.4 Å². The van der Waals surface area contributed by atoms with E-state index in [1.165, 1.54) is 38.5 Å². The molecule has 34 heavy (non-hydrogen) atoms. The molecule has 6 bridgehead atoms. The first-order valence-electron chi connectivity index (χ1n) is 12.8. The Bertz CT molecular complexity index is 1130. The third-order valence-corrected chi connectivity index (χ3v) is 13.0. The van der Waals surface area contributed by atoms with Crippen LogP contribution in [0.5, 0.6) is 0 Å². The second-order valence-corrected chi connectivity index (χ2v) is 14.7. The number of nitrogens with zero attached hydrogens (tertiary/aromatic N) is 1. The molecule has 1 aliphatic heterocycles. The smallest absolute Gasteiger partial charge is 0.235 e. The van der Waals surface area contributed by atoms with Crippen molar-refractivity contribution in [3.63, 3.8) is 0 Å². The van der Waals surface area contributed by atoms with E-state index in [1.54, 1.807) is 4.90 Å². The van der Waals surface area contributed by atoms with E-state index in [0.29, 0.717) is 6.54 Å². The zero-order valence-corrected chi connectivity index (χ0v) is 22.1. The zero-order chi connectivity index (χ0) is 23.0. The van der Waals surface area contributed by atoms with Crippen molar-refractivity contribution in [3.8, 4) is 0 Å². The molecule has 2 unspecified atom stereocenters. The SMILES string of the molecule is O=C1C2C(C(=O)N1CC13CC4CC(CC(C4)C1)C3)C1(Br)c3ccccc3C2(Br)c2ccccc21. The maximum Gasteiger partial charge on any atom is 0.235 e. The molecule has 2 aromatic rings. The van der Waals surface area contributed by atoms with Crippen molar-refractivity contribution in [3.05, 3.63) is 70.8 Å². The van der Waals surface area contributed by atoms with Crippen LogP contribution in [0.1, 0.15) is 60.8 Å². The fraction of sp³-hybridized carbons (Fsp3) is 0.517. The molecule has 5 fully saturated rings. The van der Waals surface area contributed by atoms with Gasteiger partial charge in [-0.3, -0.25) is 14.5 Å². The Hall–Kier alpha value is -1.46. The summed E-state index contributed by atoms with van der Waals surface area (Å²) in [6.45, 7) is 0.625. The lowest BCUT2D eigenvalue weighted by Crippen LogP contribution is -2.56. The molecule has 7 aliphatic carbocycles. The van der Waals surface area contributed by atoms with Crippen LogP contribution in [0.3, 0.4) is 0 Å². The highest BCUT2D eigenvalue weighted by Gasteiger charge is 2.72. The van der Waals surface area contributed by atoms with Gasteiger partial charge in [0.05, 0.1) is 20.5 Å². The van der Waals surface area contributed by atoms with Crippen molar-refractivity contribution in [1.82, 2.24) is 4.90 Å². The highest BCUT2D eigenvalue weighted by Crippen LogP contribution is 2.71. The molecule has 2 atom stereocenters. The Kier molecular flexibility index (Phi) is 3.93. The number of benzene rings is 2.